The van der Waals surface area contributed by atoms with E-state index in [-0.39, 0.29) is 17.7 Å². The fourth-order valence-electron chi connectivity index (χ4n) is 3.94. The first-order valence-electron chi connectivity index (χ1n) is 9.12. The summed E-state index contributed by atoms with van der Waals surface area (Å²) in [7, 11) is -3.45. The molecule has 2 aromatic rings. The van der Waals surface area contributed by atoms with Crippen molar-refractivity contribution in [3.63, 3.8) is 0 Å². The van der Waals surface area contributed by atoms with Gasteiger partial charge in [-0.1, -0.05) is 46.3 Å². The minimum absolute atomic E-state index is 0.0701. The molecule has 2 atom stereocenters. The molecule has 0 spiro atoms. The lowest BCUT2D eigenvalue weighted by atomic mass is 9.61. The Kier molecular flexibility index (Phi) is 5.68. The van der Waals surface area contributed by atoms with Crippen LogP contribution < -0.4 is 0 Å². The number of halogens is 1. The molecule has 6 nitrogen and oxygen atoms in total. The summed E-state index contributed by atoms with van der Waals surface area (Å²) in [6.45, 7) is 1.55. The smallest absolute Gasteiger partial charge is 0.318 e. The summed E-state index contributed by atoms with van der Waals surface area (Å²) in [6.07, 6.45) is 2.71. The number of hydrogen-bond donors (Lipinski definition) is 2. The van der Waals surface area contributed by atoms with E-state index in [0.717, 1.165) is 16.3 Å². The van der Waals surface area contributed by atoms with E-state index in [0.29, 0.717) is 11.1 Å². The molecule has 2 aromatic carbocycles. The van der Waals surface area contributed by atoms with Crippen molar-refractivity contribution in [3.05, 3.63) is 70.2 Å². The highest BCUT2D eigenvalue weighted by Gasteiger charge is 2.51. The van der Waals surface area contributed by atoms with Gasteiger partial charge in [-0.05, 0) is 60.7 Å². The molecular formula is C22H21BrO6S. The third kappa shape index (κ3) is 4.06. The van der Waals surface area contributed by atoms with Crippen LogP contribution in [0.3, 0.4) is 0 Å². The third-order valence-corrected chi connectivity index (χ3v) is 7.24. The molecule has 1 aliphatic carbocycles. The molecule has 0 amide bonds. The molecule has 158 valence electrons. The maximum Gasteiger partial charge on any atom is 0.318 e. The normalized spacial score (nSPS) is 24.2. The number of carbonyl (C=O) groups is 2. The molecule has 1 aliphatic rings. The van der Waals surface area contributed by atoms with Crippen LogP contribution in [-0.4, -0.2) is 36.8 Å². The molecule has 2 N–H and O–H groups in total. The molecule has 0 aliphatic heterocycles. The van der Waals surface area contributed by atoms with E-state index >= 15 is 0 Å². The summed E-state index contributed by atoms with van der Waals surface area (Å²) in [5.41, 5.74) is -1.23. The molecule has 0 fully saturated rings. The van der Waals surface area contributed by atoms with Gasteiger partial charge in [-0.3, -0.25) is 9.59 Å². The molecule has 2 unspecified atom stereocenters. The third-order valence-electron chi connectivity index (χ3n) is 5.58. The van der Waals surface area contributed by atoms with Crippen molar-refractivity contribution >= 4 is 43.3 Å². The molecule has 0 saturated carbocycles. The van der Waals surface area contributed by atoms with Crippen molar-refractivity contribution in [3.8, 4) is 0 Å². The maximum absolute atomic E-state index is 12.5. The van der Waals surface area contributed by atoms with Crippen LogP contribution >= 0.6 is 15.9 Å². The predicted octanol–water partition coefficient (Wildman–Crippen LogP) is 4.14. The number of allylic oxidation sites excluding steroid dienone is 1. The van der Waals surface area contributed by atoms with Crippen molar-refractivity contribution in [1.29, 1.82) is 0 Å². The second-order valence-corrected chi connectivity index (χ2v) is 10.9. The SMILES string of the molecule is CC1(C(=O)O)CC(c2ccc(Br)cc2)=CC(C(=O)O)(c2ccc(S(C)(=O)=O)cc2)C1. The number of sulfone groups is 1. The molecular weight excluding hydrogens is 472 g/mol. The minimum Gasteiger partial charge on any atom is -0.481 e. The Morgan fingerprint density at radius 2 is 1.53 bits per heavy atom. The standard InChI is InChI=1S/C22H21BrO6S/c1-21(19(24)25)11-15(14-3-7-17(23)8-4-14)12-22(13-21,20(26)27)16-5-9-18(10-6-16)30(2,28)29/h3-10,12H,11,13H2,1-2H3,(H,24,25)(H,26,27). The average molecular weight is 493 g/mol. The van der Waals surface area contributed by atoms with Gasteiger partial charge in [0.15, 0.2) is 9.84 Å². The lowest BCUT2D eigenvalue weighted by Crippen LogP contribution is -2.45. The number of rotatable bonds is 5. The molecule has 0 aromatic heterocycles. The Morgan fingerprint density at radius 1 is 0.967 bits per heavy atom. The monoisotopic (exact) mass is 492 g/mol. The van der Waals surface area contributed by atoms with E-state index in [4.69, 9.17) is 0 Å². The average Bonchev–Trinajstić information content (AvgIpc) is 2.67. The van der Waals surface area contributed by atoms with E-state index in [1.54, 1.807) is 13.0 Å². The predicted molar refractivity (Wildman–Crippen MR) is 116 cm³/mol. The van der Waals surface area contributed by atoms with E-state index in [1.807, 2.05) is 24.3 Å². The van der Waals surface area contributed by atoms with E-state index < -0.39 is 32.6 Å². The van der Waals surface area contributed by atoms with E-state index in [1.165, 1.54) is 24.3 Å². The van der Waals surface area contributed by atoms with Crippen LogP contribution in [0, 0.1) is 5.41 Å². The lowest BCUT2D eigenvalue weighted by molar-refractivity contribution is -0.152. The fourth-order valence-corrected chi connectivity index (χ4v) is 4.84. The number of aliphatic carboxylic acids is 2. The molecule has 8 heteroatoms. The van der Waals surface area contributed by atoms with Gasteiger partial charge in [0.2, 0.25) is 0 Å². The van der Waals surface area contributed by atoms with Crippen LogP contribution in [0.25, 0.3) is 5.57 Å². The summed E-state index contributed by atoms with van der Waals surface area (Å²) in [5.74, 6) is -2.26. The topological polar surface area (TPSA) is 109 Å². The Bertz CT molecular complexity index is 1140. The molecule has 0 heterocycles. The number of benzene rings is 2. The van der Waals surface area contributed by atoms with Crippen LogP contribution in [0.15, 0.2) is 64.0 Å². The van der Waals surface area contributed by atoms with Gasteiger partial charge in [0.05, 0.1) is 10.3 Å². The van der Waals surface area contributed by atoms with Gasteiger partial charge < -0.3 is 10.2 Å². The van der Waals surface area contributed by atoms with Gasteiger partial charge in [-0.25, -0.2) is 8.42 Å². The van der Waals surface area contributed by atoms with Crippen molar-refractivity contribution in [2.45, 2.75) is 30.1 Å². The molecule has 0 radical (unpaired) electrons. The van der Waals surface area contributed by atoms with E-state index in [2.05, 4.69) is 15.9 Å². The van der Waals surface area contributed by atoms with Crippen LogP contribution in [0.5, 0.6) is 0 Å². The highest BCUT2D eigenvalue weighted by Crippen LogP contribution is 2.50. The molecule has 30 heavy (non-hydrogen) atoms. The second-order valence-electron chi connectivity index (χ2n) is 7.97. The highest BCUT2D eigenvalue weighted by molar-refractivity contribution is 9.10. The summed E-state index contributed by atoms with van der Waals surface area (Å²) in [6, 6.07) is 12.9. The summed E-state index contributed by atoms with van der Waals surface area (Å²) in [4.78, 5) is 24.7. The Hall–Kier alpha value is -2.45. The largest absolute Gasteiger partial charge is 0.481 e. The van der Waals surface area contributed by atoms with Gasteiger partial charge in [-0.15, -0.1) is 0 Å². The molecule has 0 bridgehead atoms. The van der Waals surface area contributed by atoms with Gasteiger partial charge in [0, 0.05) is 10.7 Å². The van der Waals surface area contributed by atoms with Crippen LogP contribution in [0.2, 0.25) is 0 Å². The zero-order chi connectivity index (χ0) is 22.3. The van der Waals surface area contributed by atoms with Crippen molar-refractivity contribution in [1.82, 2.24) is 0 Å². The maximum atomic E-state index is 12.5. The molecule has 3 rings (SSSR count). The summed E-state index contributed by atoms with van der Waals surface area (Å²) >= 11 is 3.36. The zero-order valence-electron chi connectivity index (χ0n) is 16.4. The first-order valence-corrected chi connectivity index (χ1v) is 11.8. The Balaban J connectivity index is 2.24. The van der Waals surface area contributed by atoms with Crippen LogP contribution in [0.1, 0.15) is 30.9 Å². The first kappa shape index (κ1) is 22.2. The van der Waals surface area contributed by atoms with Crippen molar-refractivity contribution in [2.24, 2.45) is 5.41 Å². The van der Waals surface area contributed by atoms with Gasteiger partial charge in [0.25, 0.3) is 0 Å². The number of carboxylic acids is 2. The van der Waals surface area contributed by atoms with Crippen molar-refractivity contribution in [2.75, 3.05) is 6.26 Å². The Morgan fingerprint density at radius 3 is 2.00 bits per heavy atom. The van der Waals surface area contributed by atoms with Crippen molar-refractivity contribution < 1.29 is 28.2 Å². The summed E-state index contributed by atoms with van der Waals surface area (Å²) in [5, 5.41) is 20.1. The zero-order valence-corrected chi connectivity index (χ0v) is 18.8. The Labute approximate surface area is 183 Å². The van der Waals surface area contributed by atoms with Gasteiger partial charge in [0.1, 0.15) is 5.41 Å². The quantitative estimate of drug-likeness (QED) is 0.648. The number of carboxylic acid groups (broad SMARTS) is 2. The van der Waals surface area contributed by atoms with Gasteiger partial charge in [-0.2, -0.15) is 0 Å². The minimum atomic E-state index is -3.45. The van der Waals surface area contributed by atoms with E-state index in [9.17, 15) is 28.2 Å². The fraction of sp³-hybridized carbons (Fsp3) is 0.273. The van der Waals surface area contributed by atoms with Crippen LogP contribution in [0.4, 0.5) is 0 Å². The highest BCUT2D eigenvalue weighted by atomic mass is 79.9. The second kappa shape index (κ2) is 7.67. The van der Waals surface area contributed by atoms with Crippen LogP contribution in [-0.2, 0) is 24.8 Å². The van der Waals surface area contributed by atoms with Gasteiger partial charge >= 0.3 is 11.9 Å². The first-order chi connectivity index (χ1) is 13.9. The number of hydrogen-bond acceptors (Lipinski definition) is 4. The summed E-state index contributed by atoms with van der Waals surface area (Å²) < 4.78 is 24.4. The molecule has 0 saturated heterocycles. The lowest BCUT2D eigenvalue weighted by Gasteiger charge is -2.41.